The van der Waals surface area contributed by atoms with E-state index in [0.717, 1.165) is 13.0 Å². The fourth-order valence-corrected chi connectivity index (χ4v) is 0.757. The summed E-state index contributed by atoms with van der Waals surface area (Å²) in [6, 6.07) is 0. The minimum absolute atomic E-state index is 0.333. The van der Waals surface area contributed by atoms with Crippen molar-refractivity contribution in [2.75, 3.05) is 6.54 Å². The second kappa shape index (κ2) is 6.72. The maximum Gasteiger partial charge on any atom is 0.252 e. The standard InChI is InChI=1S/C7H12N2O2S/c1-2-3-8-7(12)4-6(11)9-5-10/h4-5,8,12H,2-3H2,1H3,(H,9,10,11)/b7-4-. The normalized spacial score (nSPS) is 10.7. The first kappa shape index (κ1) is 11.0. The second-order valence-electron chi connectivity index (χ2n) is 2.08. The number of carbonyl (C=O) groups excluding carboxylic acids is 2. The van der Waals surface area contributed by atoms with Crippen LogP contribution in [0.2, 0.25) is 0 Å². The predicted molar refractivity (Wildman–Crippen MR) is 49.6 cm³/mol. The van der Waals surface area contributed by atoms with Gasteiger partial charge in [-0.05, 0) is 6.42 Å². The molecular formula is C7H12N2O2S. The Kier molecular flexibility index (Phi) is 6.18. The Labute approximate surface area is 76.8 Å². The summed E-state index contributed by atoms with van der Waals surface area (Å²) in [6.07, 6.45) is 2.50. The summed E-state index contributed by atoms with van der Waals surface area (Å²) in [7, 11) is 0. The molecule has 0 saturated carbocycles. The van der Waals surface area contributed by atoms with Crippen molar-refractivity contribution in [2.24, 2.45) is 0 Å². The van der Waals surface area contributed by atoms with Crippen molar-refractivity contribution in [2.45, 2.75) is 13.3 Å². The Bertz CT molecular complexity index is 192. The third kappa shape index (κ3) is 5.79. The average molecular weight is 188 g/mol. The van der Waals surface area contributed by atoms with Crippen molar-refractivity contribution in [3.8, 4) is 0 Å². The molecule has 4 nitrogen and oxygen atoms in total. The molecule has 0 aromatic carbocycles. The topological polar surface area (TPSA) is 58.2 Å². The van der Waals surface area contributed by atoms with Crippen molar-refractivity contribution < 1.29 is 9.59 Å². The van der Waals surface area contributed by atoms with Crippen LogP contribution in [-0.2, 0) is 9.59 Å². The Morgan fingerprint density at radius 3 is 2.75 bits per heavy atom. The monoisotopic (exact) mass is 188 g/mol. The first-order valence-corrected chi connectivity index (χ1v) is 4.04. The highest BCUT2D eigenvalue weighted by atomic mass is 32.1. The highest BCUT2D eigenvalue weighted by Gasteiger charge is 1.95. The molecule has 0 aliphatic rings. The predicted octanol–water partition coefficient (Wildman–Crippen LogP) is 0.0298. The van der Waals surface area contributed by atoms with E-state index >= 15 is 0 Å². The highest BCUT2D eigenvalue weighted by Crippen LogP contribution is 1.93. The molecule has 0 spiro atoms. The van der Waals surface area contributed by atoms with Crippen molar-refractivity contribution in [1.29, 1.82) is 0 Å². The molecule has 0 aromatic rings. The van der Waals surface area contributed by atoms with Gasteiger partial charge < -0.3 is 5.32 Å². The van der Waals surface area contributed by atoms with Gasteiger partial charge in [0.25, 0.3) is 5.91 Å². The molecule has 0 rings (SSSR count). The Morgan fingerprint density at radius 1 is 1.58 bits per heavy atom. The van der Waals surface area contributed by atoms with Gasteiger partial charge in [0, 0.05) is 12.6 Å². The Hall–Kier alpha value is -0.970. The van der Waals surface area contributed by atoms with Gasteiger partial charge in [-0.15, -0.1) is 12.6 Å². The van der Waals surface area contributed by atoms with Crippen molar-refractivity contribution in [1.82, 2.24) is 10.6 Å². The van der Waals surface area contributed by atoms with Gasteiger partial charge in [-0.25, -0.2) is 0 Å². The van der Waals surface area contributed by atoms with Gasteiger partial charge >= 0.3 is 0 Å². The molecule has 0 aromatic heterocycles. The molecule has 0 radical (unpaired) electrons. The van der Waals surface area contributed by atoms with E-state index in [1.807, 2.05) is 12.2 Å². The van der Waals surface area contributed by atoms with E-state index < -0.39 is 5.91 Å². The summed E-state index contributed by atoms with van der Waals surface area (Å²) in [5.41, 5.74) is 0. The van der Waals surface area contributed by atoms with Crippen LogP contribution in [0.3, 0.4) is 0 Å². The minimum atomic E-state index is -0.474. The lowest BCUT2D eigenvalue weighted by molar-refractivity contribution is -0.121. The molecule has 0 aliphatic heterocycles. The maximum absolute atomic E-state index is 10.7. The van der Waals surface area contributed by atoms with E-state index in [1.54, 1.807) is 0 Å². The Morgan fingerprint density at radius 2 is 2.25 bits per heavy atom. The first-order chi connectivity index (χ1) is 5.70. The smallest absolute Gasteiger partial charge is 0.252 e. The molecule has 0 aliphatic carbocycles. The molecular weight excluding hydrogens is 176 g/mol. The number of amides is 2. The lowest BCUT2D eigenvalue weighted by Gasteiger charge is -2.01. The number of imide groups is 1. The van der Waals surface area contributed by atoms with Crippen molar-refractivity contribution in [3.63, 3.8) is 0 Å². The average Bonchev–Trinajstić information content (AvgIpc) is 2.01. The largest absolute Gasteiger partial charge is 0.380 e. The van der Waals surface area contributed by atoms with Crippen molar-refractivity contribution >= 4 is 24.9 Å². The van der Waals surface area contributed by atoms with Crippen LogP contribution >= 0.6 is 12.6 Å². The van der Waals surface area contributed by atoms with Gasteiger partial charge in [0.2, 0.25) is 6.41 Å². The summed E-state index contributed by atoms with van der Waals surface area (Å²) in [6.45, 7) is 2.75. The SMILES string of the molecule is CCCN/C(S)=C/C(=O)NC=O. The molecule has 5 heteroatoms. The molecule has 0 fully saturated rings. The van der Waals surface area contributed by atoms with Gasteiger partial charge in [-0.1, -0.05) is 6.92 Å². The third-order valence-electron chi connectivity index (χ3n) is 1.03. The summed E-state index contributed by atoms with van der Waals surface area (Å²) in [5, 5.41) is 5.29. The molecule has 2 N–H and O–H groups in total. The van der Waals surface area contributed by atoms with E-state index in [4.69, 9.17) is 0 Å². The lowest BCUT2D eigenvalue weighted by atomic mass is 10.5. The zero-order valence-corrected chi connectivity index (χ0v) is 7.73. The van der Waals surface area contributed by atoms with Crippen LogP contribution in [0.5, 0.6) is 0 Å². The van der Waals surface area contributed by atoms with Crippen LogP contribution in [0.4, 0.5) is 0 Å². The van der Waals surface area contributed by atoms with Gasteiger partial charge in [0.15, 0.2) is 0 Å². The van der Waals surface area contributed by atoms with Crippen LogP contribution in [0.25, 0.3) is 0 Å². The number of nitrogens with one attached hydrogen (secondary N) is 2. The van der Waals surface area contributed by atoms with Gasteiger partial charge in [0.05, 0.1) is 5.03 Å². The van der Waals surface area contributed by atoms with Crippen LogP contribution in [-0.4, -0.2) is 18.9 Å². The molecule has 0 bridgehead atoms. The molecule has 12 heavy (non-hydrogen) atoms. The van der Waals surface area contributed by atoms with Crippen LogP contribution in [0.15, 0.2) is 11.1 Å². The van der Waals surface area contributed by atoms with Gasteiger partial charge in [0.1, 0.15) is 0 Å². The fraction of sp³-hybridized carbons (Fsp3) is 0.429. The quantitative estimate of drug-likeness (QED) is 0.324. The third-order valence-corrected chi connectivity index (χ3v) is 1.31. The minimum Gasteiger partial charge on any atom is -0.380 e. The summed E-state index contributed by atoms with van der Waals surface area (Å²) in [5.74, 6) is -0.474. The Balaban J connectivity index is 3.80. The van der Waals surface area contributed by atoms with Gasteiger partial charge in [-0.2, -0.15) is 0 Å². The van der Waals surface area contributed by atoms with Crippen LogP contribution in [0.1, 0.15) is 13.3 Å². The molecule has 0 heterocycles. The second-order valence-corrected chi connectivity index (χ2v) is 2.56. The van der Waals surface area contributed by atoms with Crippen molar-refractivity contribution in [3.05, 3.63) is 11.1 Å². The molecule has 0 saturated heterocycles. The summed E-state index contributed by atoms with van der Waals surface area (Å²) in [4.78, 5) is 20.5. The zero-order valence-electron chi connectivity index (χ0n) is 6.83. The number of rotatable bonds is 5. The molecule has 68 valence electrons. The number of hydrogen-bond acceptors (Lipinski definition) is 4. The molecule has 0 unspecified atom stereocenters. The van der Waals surface area contributed by atoms with Gasteiger partial charge in [-0.3, -0.25) is 14.9 Å². The summed E-state index contributed by atoms with van der Waals surface area (Å²) < 4.78 is 0. The lowest BCUT2D eigenvalue weighted by Crippen LogP contribution is -2.21. The summed E-state index contributed by atoms with van der Waals surface area (Å²) >= 11 is 3.97. The number of thiol groups is 1. The number of carbonyl (C=O) groups is 2. The van der Waals surface area contributed by atoms with E-state index in [1.165, 1.54) is 6.08 Å². The van der Waals surface area contributed by atoms with E-state index in [0.29, 0.717) is 11.4 Å². The van der Waals surface area contributed by atoms with E-state index in [-0.39, 0.29) is 0 Å². The highest BCUT2D eigenvalue weighted by molar-refractivity contribution is 7.84. The van der Waals surface area contributed by atoms with Crippen LogP contribution in [0, 0.1) is 0 Å². The zero-order chi connectivity index (χ0) is 9.40. The fourth-order valence-electron chi connectivity index (χ4n) is 0.528. The van der Waals surface area contributed by atoms with E-state index in [2.05, 4.69) is 17.9 Å². The van der Waals surface area contributed by atoms with E-state index in [9.17, 15) is 9.59 Å². The molecule has 0 atom stereocenters. The van der Waals surface area contributed by atoms with Crippen LogP contribution < -0.4 is 10.6 Å². The number of hydrogen-bond donors (Lipinski definition) is 3. The molecule has 2 amide bonds. The first-order valence-electron chi connectivity index (χ1n) is 3.59. The maximum atomic E-state index is 10.7.